The Labute approximate surface area is 190 Å². The van der Waals surface area contributed by atoms with Gasteiger partial charge in [0.25, 0.3) is 10.1 Å². The number of ketones is 1. The van der Waals surface area contributed by atoms with Gasteiger partial charge in [-0.2, -0.15) is 8.42 Å². The molecule has 1 aromatic heterocycles. The summed E-state index contributed by atoms with van der Waals surface area (Å²) in [5.74, 6) is 0.896. The second-order valence-corrected chi connectivity index (χ2v) is 12.1. The van der Waals surface area contributed by atoms with Gasteiger partial charge >= 0.3 is 0 Å². The Morgan fingerprint density at radius 1 is 1.19 bits per heavy atom. The normalized spacial score (nSPS) is 36.4. The number of carbonyl (C=O) groups excluding carboxylic acids is 1. The van der Waals surface area contributed by atoms with E-state index in [2.05, 4.69) is 37.0 Å². The summed E-state index contributed by atoms with van der Waals surface area (Å²) in [6.45, 7) is 4.76. The lowest BCUT2D eigenvalue weighted by Gasteiger charge is -2.58. The molecule has 170 valence electrons. The summed E-state index contributed by atoms with van der Waals surface area (Å²) in [7, 11) is -3.54. The molecule has 0 radical (unpaired) electrons. The molecule has 0 bridgehead atoms. The Morgan fingerprint density at radius 2 is 2.00 bits per heavy atom. The number of carbonyl (C=O) groups is 1. The maximum atomic E-state index is 12.3. The van der Waals surface area contributed by atoms with Crippen LogP contribution in [0.1, 0.15) is 51.5 Å². The highest BCUT2D eigenvalue weighted by Crippen LogP contribution is 2.66. The minimum Gasteiger partial charge on any atom is -0.295 e. The molecule has 0 aromatic carbocycles. The third kappa shape index (κ3) is 3.43. The van der Waals surface area contributed by atoms with Crippen LogP contribution in [0, 0.1) is 28.6 Å². The van der Waals surface area contributed by atoms with E-state index in [4.69, 9.17) is 4.18 Å². The Bertz CT molecular complexity index is 1150. The fourth-order valence-electron chi connectivity index (χ4n) is 7.08. The van der Waals surface area contributed by atoms with Crippen LogP contribution < -0.4 is 0 Å². The maximum absolute atomic E-state index is 12.3. The van der Waals surface area contributed by atoms with E-state index in [0.29, 0.717) is 18.3 Å². The van der Waals surface area contributed by atoms with E-state index in [1.165, 1.54) is 16.7 Å². The van der Waals surface area contributed by atoms with Gasteiger partial charge in [-0.3, -0.25) is 14.0 Å². The number of hydrogen-bond acceptors (Lipinski definition) is 5. The van der Waals surface area contributed by atoms with Crippen molar-refractivity contribution in [3.63, 3.8) is 0 Å². The first-order valence-corrected chi connectivity index (χ1v) is 13.4. The van der Waals surface area contributed by atoms with Gasteiger partial charge in [0, 0.05) is 30.1 Å². The highest BCUT2D eigenvalue weighted by Gasteiger charge is 2.56. The third-order valence-corrected chi connectivity index (χ3v) is 9.19. The lowest BCUT2D eigenvalue weighted by Crippen LogP contribution is -2.50. The SMILES string of the molecule is CC12CCC3C(CC(COS(C)(=O)=O)C4=CC(=O)CCC43C)C1=CC=C2c1cccnc1. The van der Waals surface area contributed by atoms with Crippen molar-refractivity contribution in [2.75, 3.05) is 12.9 Å². The summed E-state index contributed by atoms with van der Waals surface area (Å²) in [5, 5.41) is 0. The molecule has 0 N–H and O–H groups in total. The number of hydrogen-bond donors (Lipinski definition) is 0. The average molecular weight is 454 g/mol. The van der Waals surface area contributed by atoms with Crippen LogP contribution in [0.15, 0.2) is 53.9 Å². The van der Waals surface area contributed by atoms with Gasteiger partial charge in [-0.05, 0) is 66.2 Å². The van der Waals surface area contributed by atoms with Gasteiger partial charge < -0.3 is 0 Å². The van der Waals surface area contributed by atoms with Gasteiger partial charge in [0.05, 0.1) is 12.9 Å². The molecule has 2 fully saturated rings. The second kappa shape index (κ2) is 7.49. The summed E-state index contributed by atoms with van der Waals surface area (Å²) in [4.78, 5) is 16.7. The van der Waals surface area contributed by atoms with Gasteiger partial charge in [-0.15, -0.1) is 0 Å². The predicted octanol–water partition coefficient (Wildman–Crippen LogP) is 4.73. The molecule has 0 saturated heterocycles. The molecule has 0 amide bonds. The molecular formula is C26H31NO4S. The molecule has 32 heavy (non-hydrogen) atoms. The van der Waals surface area contributed by atoms with Gasteiger partial charge in [0.1, 0.15) is 0 Å². The van der Waals surface area contributed by atoms with Crippen LogP contribution >= 0.6 is 0 Å². The van der Waals surface area contributed by atoms with E-state index in [1.54, 1.807) is 6.20 Å². The van der Waals surface area contributed by atoms with E-state index in [9.17, 15) is 13.2 Å². The molecule has 1 heterocycles. The quantitative estimate of drug-likeness (QED) is 0.616. The molecule has 5 nitrogen and oxygen atoms in total. The van der Waals surface area contributed by atoms with Crippen LogP contribution in [0.5, 0.6) is 0 Å². The predicted molar refractivity (Wildman–Crippen MR) is 124 cm³/mol. The van der Waals surface area contributed by atoms with E-state index in [1.807, 2.05) is 18.3 Å². The standard InChI is InChI=1S/C26H31NO4S/c1-25-11-9-23-20(22(25)7-6-21(25)17-5-4-12-27-15-17)13-18(16-31-32(3,29)30)24-14-19(28)8-10-26(23,24)2/h4-7,12,14-15,18,20,23H,8-11,13,16H2,1-3H3. The van der Waals surface area contributed by atoms with Gasteiger partial charge in [0.2, 0.25) is 0 Å². The van der Waals surface area contributed by atoms with Crippen molar-refractivity contribution in [1.29, 1.82) is 0 Å². The van der Waals surface area contributed by atoms with Gasteiger partial charge in [-0.1, -0.05) is 43.2 Å². The number of nitrogens with zero attached hydrogens (tertiary/aromatic N) is 1. The smallest absolute Gasteiger partial charge is 0.264 e. The van der Waals surface area contributed by atoms with Crippen molar-refractivity contribution < 1.29 is 17.4 Å². The Hall–Kier alpha value is -2.05. The van der Waals surface area contributed by atoms with E-state index in [-0.39, 0.29) is 29.1 Å². The number of aromatic nitrogens is 1. The average Bonchev–Trinajstić information content (AvgIpc) is 3.10. The zero-order chi connectivity index (χ0) is 22.7. The molecule has 0 aliphatic heterocycles. The molecule has 4 aliphatic carbocycles. The monoisotopic (exact) mass is 453 g/mol. The molecule has 0 spiro atoms. The zero-order valence-electron chi connectivity index (χ0n) is 19.0. The largest absolute Gasteiger partial charge is 0.295 e. The number of fused-ring (bicyclic) bond motifs is 5. The topological polar surface area (TPSA) is 73.3 Å². The molecule has 2 saturated carbocycles. The summed E-state index contributed by atoms with van der Waals surface area (Å²) in [6, 6.07) is 4.12. The molecule has 5 unspecified atom stereocenters. The summed E-state index contributed by atoms with van der Waals surface area (Å²) < 4.78 is 28.8. The highest BCUT2D eigenvalue weighted by atomic mass is 32.2. The van der Waals surface area contributed by atoms with Crippen molar-refractivity contribution in [3.8, 4) is 0 Å². The van der Waals surface area contributed by atoms with Crippen LogP contribution in [0.2, 0.25) is 0 Å². The molecule has 5 rings (SSSR count). The van der Waals surface area contributed by atoms with Crippen LogP contribution in [-0.4, -0.2) is 32.0 Å². The Balaban J connectivity index is 1.51. The second-order valence-electron chi connectivity index (χ2n) is 10.4. The van der Waals surface area contributed by atoms with Crippen molar-refractivity contribution in [3.05, 3.63) is 59.5 Å². The maximum Gasteiger partial charge on any atom is 0.264 e. The zero-order valence-corrected chi connectivity index (χ0v) is 19.8. The van der Waals surface area contributed by atoms with Crippen molar-refractivity contribution in [2.45, 2.75) is 46.0 Å². The molecule has 6 heteroatoms. The lowest BCUT2D eigenvalue weighted by molar-refractivity contribution is -0.116. The van der Waals surface area contributed by atoms with Crippen molar-refractivity contribution >= 4 is 21.5 Å². The van der Waals surface area contributed by atoms with Crippen LogP contribution in [0.3, 0.4) is 0 Å². The first kappa shape index (κ1) is 21.8. The highest BCUT2D eigenvalue weighted by molar-refractivity contribution is 7.85. The Kier molecular flexibility index (Phi) is 5.10. The van der Waals surface area contributed by atoms with Gasteiger partial charge in [0.15, 0.2) is 5.78 Å². The number of pyridine rings is 1. The first-order chi connectivity index (χ1) is 15.1. The molecule has 5 atom stereocenters. The number of allylic oxidation sites excluding steroid dienone is 5. The summed E-state index contributed by atoms with van der Waals surface area (Å²) in [5.41, 5.74) is 4.93. The minimum atomic E-state index is -3.54. The van der Waals surface area contributed by atoms with Crippen molar-refractivity contribution in [2.24, 2.45) is 28.6 Å². The van der Waals surface area contributed by atoms with Gasteiger partial charge in [-0.25, -0.2) is 0 Å². The molecule has 4 aliphatic rings. The Morgan fingerprint density at radius 3 is 2.72 bits per heavy atom. The van der Waals surface area contributed by atoms with E-state index < -0.39 is 10.1 Å². The first-order valence-electron chi connectivity index (χ1n) is 11.5. The van der Waals surface area contributed by atoms with E-state index in [0.717, 1.165) is 37.5 Å². The van der Waals surface area contributed by atoms with Crippen molar-refractivity contribution in [1.82, 2.24) is 4.98 Å². The molecular weight excluding hydrogens is 422 g/mol. The third-order valence-electron chi connectivity index (χ3n) is 8.62. The summed E-state index contributed by atoms with van der Waals surface area (Å²) in [6.07, 6.45) is 15.6. The molecule has 1 aromatic rings. The van der Waals surface area contributed by atoms with Crippen LogP contribution in [0.25, 0.3) is 5.57 Å². The van der Waals surface area contributed by atoms with Crippen LogP contribution in [-0.2, 0) is 19.1 Å². The number of rotatable bonds is 4. The van der Waals surface area contributed by atoms with E-state index >= 15 is 0 Å². The van der Waals surface area contributed by atoms with Crippen LogP contribution in [0.4, 0.5) is 0 Å². The lowest BCUT2D eigenvalue weighted by atomic mass is 9.46. The summed E-state index contributed by atoms with van der Waals surface area (Å²) >= 11 is 0. The fraction of sp³-hybridized carbons (Fsp3) is 0.538. The minimum absolute atomic E-state index is 0.0332. The fourth-order valence-corrected chi connectivity index (χ4v) is 7.49.